The standard InChI is InChI=1S/C14H19N3O2/c1-9(11-6-7-11)15-14(19)17-13-5-3-4-12(8-13)16-10(2)18/h3-5,8-9,11H,6-7H2,1-2H3,(H,16,18)(H2,15,17,19). The number of carbonyl (C=O) groups is 2. The number of urea groups is 1. The first kappa shape index (κ1) is 13.4. The molecule has 102 valence electrons. The first-order chi connectivity index (χ1) is 9.04. The number of hydrogen-bond donors (Lipinski definition) is 3. The molecule has 0 aliphatic heterocycles. The van der Waals surface area contributed by atoms with Crippen molar-refractivity contribution in [3.05, 3.63) is 24.3 Å². The Bertz CT molecular complexity index is 483. The molecule has 1 unspecified atom stereocenters. The fraction of sp³-hybridized carbons (Fsp3) is 0.429. The summed E-state index contributed by atoms with van der Waals surface area (Å²) in [4.78, 5) is 22.7. The number of rotatable bonds is 4. The molecule has 19 heavy (non-hydrogen) atoms. The number of amides is 3. The van der Waals surface area contributed by atoms with Crippen LogP contribution in [0.1, 0.15) is 26.7 Å². The quantitative estimate of drug-likeness (QED) is 0.779. The molecule has 0 heterocycles. The van der Waals surface area contributed by atoms with E-state index in [1.54, 1.807) is 24.3 Å². The first-order valence-corrected chi connectivity index (χ1v) is 6.50. The second kappa shape index (κ2) is 5.73. The molecule has 1 aliphatic carbocycles. The second-order valence-corrected chi connectivity index (χ2v) is 4.99. The average Bonchev–Trinajstić information content (AvgIpc) is 3.11. The van der Waals surface area contributed by atoms with Crippen LogP contribution >= 0.6 is 0 Å². The van der Waals surface area contributed by atoms with Crippen LogP contribution in [-0.2, 0) is 4.79 Å². The summed E-state index contributed by atoms with van der Waals surface area (Å²) in [5.41, 5.74) is 1.33. The van der Waals surface area contributed by atoms with E-state index < -0.39 is 0 Å². The summed E-state index contributed by atoms with van der Waals surface area (Å²) in [5.74, 6) is 0.487. The zero-order valence-corrected chi connectivity index (χ0v) is 11.2. The molecular formula is C14H19N3O2. The van der Waals surface area contributed by atoms with E-state index in [9.17, 15) is 9.59 Å². The van der Waals surface area contributed by atoms with Crippen LogP contribution in [0.4, 0.5) is 16.2 Å². The molecule has 5 nitrogen and oxygen atoms in total. The number of anilines is 2. The van der Waals surface area contributed by atoms with E-state index >= 15 is 0 Å². The highest BCUT2D eigenvalue weighted by Gasteiger charge is 2.28. The van der Waals surface area contributed by atoms with Gasteiger partial charge in [-0.15, -0.1) is 0 Å². The predicted molar refractivity (Wildman–Crippen MR) is 75.1 cm³/mol. The van der Waals surface area contributed by atoms with Crippen LogP contribution in [0.2, 0.25) is 0 Å². The molecule has 0 bridgehead atoms. The number of nitrogens with one attached hydrogen (secondary N) is 3. The van der Waals surface area contributed by atoms with Crippen LogP contribution < -0.4 is 16.0 Å². The highest BCUT2D eigenvalue weighted by Crippen LogP contribution is 2.32. The summed E-state index contributed by atoms with van der Waals surface area (Å²) >= 11 is 0. The maximum Gasteiger partial charge on any atom is 0.319 e. The smallest absolute Gasteiger partial charge is 0.319 e. The van der Waals surface area contributed by atoms with Crippen molar-refractivity contribution in [1.29, 1.82) is 0 Å². The summed E-state index contributed by atoms with van der Waals surface area (Å²) in [6.45, 7) is 3.47. The Morgan fingerprint density at radius 3 is 2.42 bits per heavy atom. The lowest BCUT2D eigenvalue weighted by molar-refractivity contribution is -0.114. The van der Waals surface area contributed by atoms with E-state index in [1.807, 2.05) is 6.92 Å². The van der Waals surface area contributed by atoms with Gasteiger partial charge in [-0.3, -0.25) is 4.79 Å². The van der Waals surface area contributed by atoms with Gasteiger partial charge in [-0.05, 0) is 43.9 Å². The summed E-state index contributed by atoms with van der Waals surface area (Å²) < 4.78 is 0. The molecule has 3 amide bonds. The third kappa shape index (κ3) is 4.28. The van der Waals surface area contributed by atoms with Gasteiger partial charge in [0.15, 0.2) is 0 Å². The molecule has 0 aromatic heterocycles. The van der Waals surface area contributed by atoms with Crippen molar-refractivity contribution in [1.82, 2.24) is 5.32 Å². The van der Waals surface area contributed by atoms with Crippen LogP contribution in [0.15, 0.2) is 24.3 Å². The Morgan fingerprint density at radius 1 is 1.21 bits per heavy atom. The van der Waals surface area contributed by atoms with Crippen molar-refractivity contribution in [2.45, 2.75) is 32.7 Å². The Labute approximate surface area is 112 Å². The van der Waals surface area contributed by atoms with Crippen LogP contribution in [0.25, 0.3) is 0 Å². The van der Waals surface area contributed by atoms with Crippen LogP contribution in [0, 0.1) is 5.92 Å². The molecule has 3 N–H and O–H groups in total. The van der Waals surface area contributed by atoms with Crippen molar-refractivity contribution >= 4 is 23.3 Å². The fourth-order valence-corrected chi connectivity index (χ4v) is 1.97. The summed E-state index contributed by atoms with van der Waals surface area (Å²) in [6.07, 6.45) is 2.39. The largest absolute Gasteiger partial charge is 0.335 e. The molecule has 1 aromatic rings. The molecule has 5 heteroatoms. The highest BCUT2D eigenvalue weighted by atomic mass is 16.2. The first-order valence-electron chi connectivity index (χ1n) is 6.50. The lowest BCUT2D eigenvalue weighted by atomic mass is 10.2. The van der Waals surface area contributed by atoms with Gasteiger partial charge in [-0.2, -0.15) is 0 Å². The minimum atomic E-state index is -0.209. The molecule has 1 atom stereocenters. The predicted octanol–water partition coefficient (Wildman–Crippen LogP) is 2.57. The maximum atomic E-state index is 11.8. The minimum Gasteiger partial charge on any atom is -0.335 e. The number of carbonyl (C=O) groups excluding carboxylic acids is 2. The van der Waals surface area contributed by atoms with Crippen LogP contribution in [0.3, 0.4) is 0 Å². The van der Waals surface area contributed by atoms with Gasteiger partial charge in [0, 0.05) is 24.3 Å². The van der Waals surface area contributed by atoms with Crippen molar-refractivity contribution in [2.75, 3.05) is 10.6 Å². The van der Waals surface area contributed by atoms with Crippen LogP contribution in [-0.4, -0.2) is 18.0 Å². The third-order valence-corrected chi connectivity index (χ3v) is 3.13. The van der Waals surface area contributed by atoms with Gasteiger partial charge in [-0.1, -0.05) is 6.07 Å². The Balaban J connectivity index is 1.90. The third-order valence-electron chi connectivity index (χ3n) is 3.13. The lowest BCUT2D eigenvalue weighted by Crippen LogP contribution is -2.37. The summed E-state index contributed by atoms with van der Waals surface area (Å²) in [5, 5.41) is 8.36. The fourth-order valence-electron chi connectivity index (χ4n) is 1.97. The van der Waals surface area contributed by atoms with Crippen molar-refractivity contribution in [2.24, 2.45) is 5.92 Å². The average molecular weight is 261 g/mol. The van der Waals surface area contributed by atoms with Crippen molar-refractivity contribution in [3.8, 4) is 0 Å². The van der Waals surface area contributed by atoms with Gasteiger partial charge in [0.2, 0.25) is 5.91 Å². The van der Waals surface area contributed by atoms with Gasteiger partial charge >= 0.3 is 6.03 Å². The molecule has 1 aliphatic rings. The number of hydrogen-bond acceptors (Lipinski definition) is 2. The van der Waals surface area contributed by atoms with E-state index in [4.69, 9.17) is 0 Å². The normalized spacial score (nSPS) is 15.5. The number of benzene rings is 1. The zero-order valence-electron chi connectivity index (χ0n) is 11.2. The Kier molecular flexibility index (Phi) is 4.04. The topological polar surface area (TPSA) is 70.2 Å². The summed E-state index contributed by atoms with van der Waals surface area (Å²) in [7, 11) is 0. The zero-order chi connectivity index (χ0) is 13.8. The second-order valence-electron chi connectivity index (χ2n) is 4.99. The molecule has 1 aromatic carbocycles. The molecule has 2 rings (SSSR count). The minimum absolute atomic E-state index is 0.135. The van der Waals surface area contributed by atoms with Crippen LogP contribution in [0.5, 0.6) is 0 Å². The van der Waals surface area contributed by atoms with E-state index in [0.29, 0.717) is 17.3 Å². The van der Waals surface area contributed by atoms with Gasteiger partial charge in [0.25, 0.3) is 0 Å². The molecule has 1 fully saturated rings. The lowest BCUT2D eigenvalue weighted by Gasteiger charge is -2.14. The van der Waals surface area contributed by atoms with E-state index in [0.717, 1.165) is 0 Å². The summed E-state index contributed by atoms with van der Waals surface area (Å²) in [6, 6.07) is 7.07. The SMILES string of the molecule is CC(=O)Nc1cccc(NC(=O)NC(C)C2CC2)c1. The molecule has 0 spiro atoms. The highest BCUT2D eigenvalue weighted by molar-refractivity contribution is 5.92. The molecule has 1 saturated carbocycles. The van der Waals surface area contributed by atoms with Crippen molar-refractivity contribution < 1.29 is 9.59 Å². The maximum absolute atomic E-state index is 11.8. The van der Waals surface area contributed by atoms with Gasteiger partial charge in [-0.25, -0.2) is 4.79 Å². The van der Waals surface area contributed by atoms with Gasteiger partial charge < -0.3 is 16.0 Å². The molecular weight excluding hydrogens is 242 g/mol. The van der Waals surface area contributed by atoms with E-state index in [-0.39, 0.29) is 18.0 Å². The Hall–Kier alpha value is -2.04. The monoisotopic (exact) mass is 261 g/mol. The van der Waals surface area contributed by atoms with E-state index in [1.165, 1.54) is 19.8 Å². The van der Waals surface area contributed by atoms with Gasteiger partial charge in [0.1, 0.15) is 0 Å². The Morgan fingerprint density at radius 2 is 1.84 bits per heavy atom. The van der Waals surface area contributed by atoms with Gasteiger partial charge in [0.05, 0.1) is 0 Å². The molecule has 0 saturated heterocycles. The van der Waals surface area contributed by atoms with Crippen molar-refractivity contribution in [3.63, 3.8) is 0 Å². The molecule has 0 radical (unpaired) electrons. The van der Waals surface area contributed by atoms with E-state index in [2.05, 4.69) is 16.0 Å².